The molecule has 0 aliphatic heterocycles. The van der Waals surface area contributed by atoms with Gasteiger partial charge in [-0.05, 0) is 6.92 Å². The second-order valence-electron chi connectivity index (χ2n) is 2.45. The van der Waals surface area contributed by atoms with Crippen LogP contribution in [0.5, 0.6) is 0 Å². The van der Waals surface area contributed by atoms with Gasteiger partial charge in [-0.3, -0.25) is 14.8 Å². The van der Waals surface area contributed by atoms with E-state index in [1.54, 1.807) is 6.92 Å². The lowest BCUT2D eigenvalue weighted by molar-refractivity contribution is 1.07. The molecule has 2 heterocycles. The number of H-pyrrole nitrogens is 3. The lowest BCUT2D eigenvalue weighted by Gasteiger charge is -1.83. The minimum Gasteiger partial charge on any atom is -0.336 e. The van der Waals surface area contributed by atoms with Gasteiger partial charge >= 0.3 is 5.69 Å². The molecule has 2 aromatic rings. The van der Waals surface area contributed by atoms with Crippen LogP contribution in [0.25, 0.3) is 11.2 Å². The standard InChI is InChI=1S/C6H6N4O2.ClH/c1-2-7-3-4(8-2)9-6(12)10-5(3)11;/h1H3,(H3,7,8,9,10,11,12);1H. The van der Waals surface area contributed by atoms with Crippen molar-refractivity contribution in [1.29, 1.82) is 0 Å². The molecule has 0 atom stereocenters. The first kappa shape index (κ1) is 9.53. The molecule has 6 nitrogen and oxygen atoms in total. The summed E-state index contributed by atoms with van der Waals surface area (Å²) in [5.74, 6) is 0.595. The van der Waals surface area contributed by atoms with Gasteiger partial charge in [0, 0.05) is 0 Å². The summed E-state index contributed by atoms with van der Waals surface area (Å²) in [5.41, 5.74) is -0.401. The lowest BCUT2D eigenvalue weighted by atomic mass is 10.5. The second kappa shape index (κ2) is 3.06. The first-order chi connectivity index (χ1) is 5.66. The molecule has 13 heavy (non-hydrogen) atoms. The zero-order valence-corrected chi connectivity index (χ0v) is 7.49. The Morgan fingerprint density at radius 3 is 2.54 bits per heavy atom. The summed E-state index contributed by atoms with van der Waals surface area (Å²) in [6.07, 6.45) is 0. The minimum absolute atomic E-state index is 0. The smallest absolute Gasteiger partial charge is 0.327 e. The fourth-order valence-electron chi connectivity index (χ4n) is 1.05. The van der Waals surface area contributed by atoms with Crippen molar-refractivity contribution in [2.75, 3.05) is 0 Å². The maximum absolute atomic E-state index is 11.1. The third kappa shape index (κ3) is 1.48. The maximum atomic E-state index is 11.1. The Morgan fingerprint density at radius 1 is 1.15 bits per heavy atom. The molecule has 0 unspecified atom stereocenters. The molecule has 0 aliphatic carbocycles. The lowest BCUT2D eigenvalue weighted by Crippen LogP contribution is -2.21. The van der Waals surface area contributed by atoms with E-state index in [2.05, 4.69) is 19.9 Å². The highest BCUT2D eigenvalue weighted by molar-refractivity contribution is 5.85. The highest BCUT2D eigenvalue weighted by Crippen LogP contribution is 1.98. The SMILES string of the molecule is Cc1nc2[nH]c(=O)[nH]c(=O)c2[nH]1.Cl. The molecule has 2 aromatic heterocycles. The maximum Gasteiger partial charge on any atom is 0.327 e. The highest BCUT2D eigenvalue weighted by atomic mass is 35.5. The Labute approximate surface area is 77.8 Å². The Morgan fingerprint density at radius 2 is 1.85 bits per heavy atom. The Bertz CT molecular complexity index is 537. The topological polar surface area (TPSA) is 94.4 Å². The number of aromatic nitrogens is 4. The summed E-state index contributed by atoms with van der Waals surface area (Å²) in [4.78, 5) is 32.9. The van der Waals surface area contributed by atoms with Gasteiger partial charge in [0.1, 0.15) is 11.3 Å². The molecule has 0 radical (unpaired) electrons. The molecule has 0 bridgehead atoms. The predicted octanol–water partition coefficient (Wildman–Crippen LogP) is -0.330. The van der Waals surface area contributed by atoms with Gasteiger partial charge in [-0.1, -0.05) is 0 Å². The number of halogens is 1. The van der Waals surface area contributed by atoms with Crippen LogP contribution in [0.2, 0.25) is 0 Å². The Kier molecular flexibility index (Phi) is 2.24. The van der Waals surface area contributed by atoms with Gasteiger partial charge in [0.05, 0.1) is 0 Å². The number of aromatic amines is 3. The van der Waals surface area contributed by atoms with Crippen LogP contribution in [-0.2, 0) is 0 Å². The fourth-order valence-corrected chi connectivity index (χ4v) is 1.05. The number of rotatable bonds is 0. The van der Waals surface area contributed by atoms with Gasteiger partial charge in [0.25, 0.3) is 5.56 Å². The van der Waals surface area contributed by atoms with Crippen LogP contribution in [-0.4, -0.2) is 19.9 Å². The summed E-state index contributed by atoms with van der Waals surface area (Å²) in [6.45, 7) is 1.71. The average Bonchev–Trinajstić information content (AvgIpc) is 2.29. The van der Waals surface area contributed by atoms with Crippen molar-refractivity contribution in [3.05, 3.63) is 26.7 Å². The zero-order valence-electron chi connectivity index (χ0n) is 6.67. The second-order valence-corrected chi connectivity index (χ2v) is 2.45. The molecule has 0 aromatic carbocycles. The molecule has 0 amide bonds. The minimum atomic E-state index is -0.543. The van der Waals surface area contributed by atoms with E-state index < -0.39 is 11.2 Å². The van der Waals surface area contributed by atoms with E-state index in [1.807, 2.05) is 0 Å². The summed E-state index contributed by atoms with van der Waals surface area (Å²) < 4.78 is 0. The first-order valence-corrected chi connectivity index (χ1v) is 3.36. The summed E-state index contributed by atoms with van der Waals surface area (Å²) in [7, 11) is 0. The van der Waals surface area contributed by atoms with Crippen LogP contribution in [0, 0.1) is 6.92 Å². The molecule has 0 saturated carbocycles. The van der Waals surface area contributed by atoms with E-state index >= 15 is 0 Å². The molecular formula is C6H7ClN4O2. The molecule has 0 spiro atoms. The largest absolute Gasteiger partial charge is 0.336 e. The molecule has 3 N–H and O–H groups in total. The van der Waals surface area contributed by atoms with Crippen LogP contribution < -0.4 is 11.2 Å². The van der Waals surface area contributed by atoms with Gasteiger partial charge in [-0.25, -0.2) is 9.78 Å². The summed E-state index contributed by atoms with van der Waals surface area (Å²) in [5, 5.41) is 0. The quantitative estimate of drug-likeness (QED) is 0.546. The van der Waals surface area contributed by atoms with Gasteiger partial charge in [0.2, 0.25) is 0 Å². The molecule has 0 fully saturated rings. The number of aryl methyl sites for hydroxylation is 1. The van der Waals surface area contributed by atoms with E-state index in [-0.39, 0.29) is 12.4 Å². The zero-order chi connectivity index (χ0) is 8.72. The van der Waals surface area contributed by atoms with E-state index in [0.29, 0.717) is 17.0 Å². The van der Waals surface area contributed by atoms with Crippen molar-refractivity contribution in [2.24, 2.45) is 0 Å². The molecule has 2 rings (SSSR count). The normalized spacial score (nSPS) is 9.92. The summed E-state index contributed by atoms with van der Waals surface area (Å²) in [6, 6.07) is 0. The molecule has 0 aliphatic rings. The van der Waals surface area contributed by atoms with Crippen LogP contribution >= 0.6 is 12.4 Å². The van der Waals surface area contributed by atoms with Crippen LogP contribution in [0.1, 0.15) is 5.82 Å². The van der Waals surface area contributed by atoms with Crippen molar-refractivity contribution in [3.8, 4) is 0 Å². The van der Waals surface area contributed by atoms with Crippen molar-refractivity contribution in [2.45, 2.75) is 6.92 Å². The predicted molar refractivity (Wildman–Crippen MR) is 49.3 cm³/mol. The first-order valence-electron chi connectivity index (χ1n) is 3.36. The van der Waals surface area contributed by atoms with Crippen LogP contribution in [0.4, 0.5) is 0 Å². The third-order valence-corrected chi connectivity index (χ3v) is 1.51. The fraction of sp³-hybridized carbons (Fsp3) is 0.167. The number of nitrogens with zero attached hydrogens (tertiary/aromatic N) is 1. The van der Waals surface area contributed by atoms with Gasteiger partial charge in [0.15, 0.2) is 5.65 Å². The van der Waals surface area contributed by atoms with Crippen molar-refractivity contribution in [1.82, 2.24) is 19.9 Å². The van der Waals surface area contributed by atoms with Crippen molar-refractivity contribution < 1.29 is 0 Å². The van der Waals surface area contributed by atoms with Crippen molar-refractivity contribution in [3.63, 3.8) is 0 Å². The molecular weight excluding hydrogens is 196 g/mol. The number of hydrogen-bond donors (Lipinski definition) is 3. The third-order valence-electron chi connectivity index (χ3n) is 1.51. The van der Waals surface area contributed by atoms with E-state index in [0.717, 1.165) is 0 Å². The van der Waals surface area contributed by atoms with E-state index in [9.17, 15) is 9.59 Å². The summed E-state index contributed by atoms with van der Waals surface area (Å²) >= 11 is 0. The Balaban J connectivity index is 0.000000845. The monoisotopic (exact) mass is 202 g/mol. The number of imidazole rings is 1. The average molecular weight is 203 g/mol. The molecule has 0 saturated heterocycles. The molecule has 7 heteroatoms. The van der Waals surface area contributed by atoms with Gasteiger partial charge in [-0.2, -0.15) is 0 Å². The van der Waals surface area contributed by atoms with Gasteiger partial charge < -0.3 is 4.98 Å². The molecule has 70 valence electrons. The number of nitrogens with one attached hydrogen (secondary N) is 3. The van der Waals surface area contributed by atoms with E-state index in [4.69, 9.17) is 0 Å². The van der Waals surface area contributed by atoms with Crippen LogP contribution in [0.3, 0.4) is 0 Å². The highest BCUT2D eigenvalue weighted by Gasteiger charge is 2.03. The van der Waals surface area contributed by atoms with Gasteiger partial charge in [-0.15, -0.1) is 12.4 Å². The number of hydrogen-bond acceptors (Lipinski definition) is 3. The van der Waals surface area contributed by atoms with Crippen molar-refractivity contribution >= 4 is 23.6 Å². The van der Waals surface area contributed by atoms with E-state index in [1.165, 1.54) is 0 Å². The number of fused-ring (bicyclic) bond motifs is 1. The van der Waals surface area contributed by atoms with Crippen LogP contribution in [0.15, 0.2) is 9.59 Å². The Hall–Kier alpha value is -1.56.